The van der Waals surface area contributed by atoms with E-state index in [1.54, 1.807) is 18.2 Å². The first kappa shape index (κ1) is 9.67. The van der Waals surface area contributed by atoms with Gasteiger partial charge >= 0.3 is 6.03 Å². The molecule has 0 bridgehead atoms. The summed E-state index contributed by atoms with van der Waals surface area (Å²) in [5.74, 6) is 0. The van der Waals surface area contributed by atoms with E-state index in [1.165, 1.54) is 7.05 Å². The van der Waals surface area contributed by atoms with Gasteiger partial charge in [-0.3, -0.25) is 0 Å². The molecule has 0 unspecified atom stereocenters. The molecule has 1 rings (SSSR count). The van der Waals surface area contributed by atoms with Crippen molar-refractivity contribution < 1.29 is 4.79 Å². The van der Waals surface area contributed by atoms with Gasteiger partial charge in [-0.2, -0.15) is 0 Å². The van der Waals surface area contributed by atoms with E-state index >= 15 is 0 Å². The number of nitrogens with two attached hydrogens (primary N) is 1. The summed E-state index contributed by atoms with van der Waals surface area (Å²) in [6.45, 7) is 0. The highest BCUT2D eigenvalue weighted by Crippen LogP contribution is 2.23. The molecule has 4 nitrogen and oxygen atoms in total. The van der Waals surface area contributed by atoms with Crippen molar-refractivity contribution >= 4 is 29.0 Å². The average molecular weight is 200 g/mol. The number of carbonyl (C=O) groups excluding carboxylic acids is 1. The van der Waals surface area contributed by atoms with E-state index in [0.29, 0.717) is 16.4 Å². The monoisotopic (exact) mass is 199 g/mol. The van der Waals surface area contributed by atoms with Gasteiger partial charge in [0.2, 0.25) is 0 Å². The minimum absolute atomic E-state index is 0.326. The van der Waals surface area contributed by atoms with Gasteiger partial charge in [0, 0.05) is 12.7 Å². The fourth-order valence-electron chi connectivity index (χ4n) is 0.823. The number of anilines is 2. The van der Waals surface area contributed by atoms with Crippen molar-refractivity contribution in [1.82, 2.24) is 5.32 Å². The lowest BCUT2D eigenvalue weighted by Gasteiger charge is -2.06. The minimum Gasteiger partial charge on any atom is -0.399 e. The van der Waals surface area contributed by atoms with Crippen LogP contribution in [0.4, 0.5) is 16.2 Å². The van der Waals surface area contributed by atoms with Crippen LogP contribution in [0.25, 0.3) is 0 Å². The highest BCUT2D eigenvalue weighted by molar-refractivity contribution is 6.33. The number of amides is 2. The van der Waals surface area contributed by atoms with Crippen molar-refractivity contribution in [3.63, 3.8) is 0 Å². The van der Waals surface area contributed by atoms with E-state index in [2.05, 4.69) is 10.6 Å². The van der Waals surface area contributed by atoms with E-state index in [4.69, 9.17) is 17.3 Å². The third kappa shape index (κ3) is 2.52. The van der Waals surface area contributed by atoms with Crippen molar-refractivity contribution in [2.75, 3.05) is 18.1 Å². The Kier molecular flexibility index (Phi) is 2.97. The summed E-state index contributed by atoms with van der Waals surface area (Å²) in [7, 11) is 1.52. The molecule has 5 heteroatoms. The predicted octanol–water partition coefficient (Wildman–Crippen LogP) is 1.67. The standard InChI is InChI=1S/C8H10ClN3O/c1-11-8(13)12-7-4-5(10)2-3-6(7)9/h2-4H,10H2,1H3,(H2,11,12,13). The molecule has 2 amide bonds. The fraction of sp³-hybridized carbons (Fsp3) is 0.125. The second-order valence-corrected chi connectivity index (χ2v) is 2.85. The summed E-state index contributed by atoms with van der Waals surface area (Å²) in [5, 5.41) is 5.41. The number of urea groups is 1. The molecule has 4 N–H and O–H groups in total. The van der Waals surface area contributed by atoms with Crippen molar-refractivity contribution in [1.29, 1.82) is 0 Å². The van der Waals surface area contributed by atoms with E-state index in [9.17, 15) is 4.79 Å². The first-order valence-electron chi connectivity index (χ1n) is 3.67. The van der Waals surface area contributed by atoms with Gasteiger partial charge in [0.05, 0.1) is 10.7 Å². The summed E-state index contributed by atoms with van der Waals surface area (Å²) in [6.07, 6.45) is 0. The zero-order valence-electron chi connectivity index (χ0n) is 7.10. The number of carbonyl (C=O) groups is 1. The highest BCUT2D eigenvalue weighted by atomic mass is 35.5. The smallest absolute Gasteiger partial charge is 0.319 e. The third-order valence-corrected chi connectivity index (χ3v) is 1.80. The van der Waals surface area contributed by atoms with Crippen molar-refractivity contribution in [2.24, 2.45) is 0 Å². The molecule has 0 aliphatic heterocycles. The summed E-state index contributed by atoms with van der Waals surface area (Å²) in [4.78, 5) is 10.9. The third-order valence-electron chi connectivity index (χ3n) is 1.47. The Balaban J connectivity index is 2.87. The zero-order valence-corrected chi connectivity index (χ0v) is 7.85. The van der Waals surface area contributed by atoms with Gasteiger partial charge in [0.1, 0.15) is 0 Å². The Morgan fingerprint density at radius 2 is 2.23 bits per heavy atom. The van der Waals surface area contributed by atoms with Gasteiger partial charge < -0.3 is 16.4 Å². The number of hydrogen-bond donors (Lipinski definition) is 3. The Labute approximate surface area is 81.1 Å². The largest absolute Gasteiger partial charge is 0.399 e. The number of rotatable bonds is 1. The Hall–Kier alpha value is -1.42. The summed E-state index contributed by atoms with van der Waals surface area (Å²) >= 11 is 5.80. The molecule has 0 aliphatic carbocycles. The number of nitrogen functional groups attached to an aromatic ring is 1. The molecular weight excluding hydrogens is 190 g/mol. The predicted molar refractivity (Wildman–Crippen MR) is 53.9 cm³/mol. The lowest BCUT2D eigenvalue weighted by molar-refractivity contribution is 0.254. The molecule has 0 fully saturated rings. The van der Waals surface area contributed by atoms with E-state index in [0.717, 1.165) is 0 Å². The topological polar surface area (TPSA) is 67.2 Å². The van der Waals surface area contributed by atoms with Crippen LogP contribution < -0.4 is 16.4 Å². The van der Waals surface area contributed by atoms with E-state index in [1.807, 2.05) is 0 Å². The summed E-state index contributed by atoms with van der Waals surface area (Å²) in [6, 6.07) is 4.56. The molecule has 0 saturated carbocycles. The molecule has 0 aliphatic rings. The first-order valence-corrected chi connectivity index (χ1v) is 4.05. The molecular formula is C8H10ClN3O. The van der Waals surface area contributed by atoms with Gasteiger partial charge in [-0.25, -0.2) is 4.79 Å². The number of halogens is 1. The lowest BCUT2D eigenvalue weighted by atomic mass is 10.3. The molecule has 13 heavy (non-hydrogen) atoms. The number of nitrogens with one attached hydrogen (secondary N) is 2. The van der Waals surface area contributed by atoms with Crippen LogP contribution in [-0.2, 0) is 0 Å². The van der Waals surface area contributed by atoms with Gasteiger partial charge in [0.25, 0.3) is 0 Å². The molecule has 0 spiro atoms. The van der Waals surface area contributed by atoms with E-state index in [-0.39, 0.29) is 6.03 Å². The van der Waals surface area contributed by atoms with E-state index < -0.39 is 0 Å². The van der Waals surface area contributed by atoms with Crippen LogP contribution in [0, 0.1) is 0 Å². The molecule has 1 aromatic carbocycles. The maximum absolute atomic E-state index is 10.9. The second-order valence-electron chi connectivity index (χ2n) is 2.44. The van der Waals surface area contributed by atoms with Gasteiger partial charge in [-0.1, -0.05) is 11.6 Å². The second kappa shape index (κ2) is 4.00. The summed E-state index contributed by atoms with van der Waals surface area (Å²) in [5.41, 5.74) is 6.57. The van der Waals surface area contributed by atoms with Crippen molar-refractivity contribution in [3.05, 3.63) is 23.2 Å². The fourth-order valence-corrected chi connectivity index (χ4v) is 0.988. The van der Waals surface area contributed by atoms with Crippen LogP contribution in [-0.4, -0.2) is 13.1 Å². The lowest BCUT2D eigenvalue weighted by Crippen LogP contribution is -2.24. The Bertz CT molecular complexity index is 327. The quantitative estimate of drug-likeness (QED) is 0.603. The highest BCUT2D eigenvalue weighted by Gasteiger charge is 2.03. The van der Waals surface area contributed by atoms with Crippen LogP contribution in [0.3, 0.4) is 0 Å². The molecule has 0 heterocycles. The molecule has 70 valence electrons. The maximum Gasteiger partial charge on any atom is 0.319 e. The normalized spacial score (nSPS) is 9.38. The average Bonchev–Trinajstić information content (AvgIpc) is 2.11. The SMILES string of the molecule is CNC(=O)Nc1cc(N)ccc1Cl. The van der Waals surface area contributed by atoms with Crippen LogP contribution >= 0.6 is 11.6 Å². The van der Waals surface area contributed by atoms with Crippen LogP contribution in [0.2, 0.25) is 5.02 Å². The molecule has 1 aromatic rings. The minimum atomic E-state index is -0.326. The van der Waals surface area contributed by atoms with Crippen LogP contribution in [0.5, 0.6) is 0 Å². The van der Waals surface area contributed by atoms with Crippen molar-refractivity contribution in [3.8, 4) is 0 Å². The van der Waals surface area contributed by atoms with Crippen molar-refractivity contribution in [2.45, 2.75) is 0 Å². The molecule has 0 atom stereocenters. The first-order chi connectivity index (χ1) is 6.13. The van der Waals surface area contributed by atoms with Gasteiger partial charge in [0.15, 0.2) is 0 Å². The number of benzene rings is 1. The zero-order chi connectivity index (χ0) is 9.84. The molecule has 0 aromatic heterocycles. The molecule has 0 saturated heterocycles. The Morgan fingerprint density at radius 1 is 1.54 bits per heavy atom. The van der Waals surface area contributed by atoms with Gasteiger partial charge in [-0.15, -0.1) is 0 Å². The maximum atomic E-state index is 10.9. The molecule has 0 radical (unpaired) electrons. The van der Waals surface area contributed by atoms with Crippen LogP contribution in [0.15, 0.2) is 18.2 Å². The summed E-state index contributed by atoms with van der Waals surface area (Å²) < 4.78 is 0. The van der Waals surface area contributed by atoms with Gasteiger partial charge in [-0.05, 0) is 18.2 Å². The van der Waals surface area contributed by atoms with Crippen LogP contribution in [0.1, 0.15) is 0 Å². The Morgan fingerprint density at radius 3 is 2.85 bits per heavy atom. The number of hydrogen-bond acceptors (Lipinski definition) is 2.